The highest BCUT2D eigenvalue weighted by Gasteiger charge is 2.47. The summed E-state index contributed by atoms with van der Waals surface area (Å²) >= 11 is 1.14. The molecule has 0 radical (unpaired) electrons. The molecule has 3 fully saturated rings. The number of nitrogens with one attached hydrogen (secondary N) is 1. The van der Waals surface area contributed by atoms with Crippen LogP contribution in [0.5, 0.6) is 0 Å². The molecule has 3 aromatic rings. The van der Waals surface area contributed by atoms with E-state index in [1.807, 2.05) is 25.1 Å². The van der Waals surface area contributed by atoms with Crippen LogP contribution in [0.25, 0.3) is 10.1 Å². The molecule has 3 N–H and O–H groups in total. The molecule has 3 aliphatic heterocycles. The molecule has 1 aromatic carbocycles. The van der Waals surface area contributed by atoms with Crippen LogP contribution in [0, 0.1) is 0 Å². The van der Waals surface area contributed by atoms with Crippen LogP contribution in [0.4, 0.5) is 10.2 Å². The summed E-state index contributed by atoms with van der Waals surface area (Å²) in [6, 6.07) is 6.17. The lowest BCUT2D eigenvalue weighted by Crippen LogP contribution is -2.58. The van der Waals surface area contributed by atoms with E-state index in [0.29, 0.717) is 40.9 Å². The largest absolute Gasteiger partial charge is 0.363 e. The van der Waals surface area contributed by atoms with Crippen molar-refractivity contribution < 1.29 is 33.1 Å². The lowest BCUT2D eigenvalue weighted by molar-refractivity contribution is -0.148. The zero-order chi connectivity index (χ0) is 31.3. The van der Waals surface area contributed by atoms with Crippen molar-refractivity contribution in [1.29, 1.82) is 0 Å². The van der Waals surface area contributed by atoms with Gasteiger partial charge in [-0.25, -0.2) is 14.4 Å². The minimum absolute atomic E-state index is 0.0506. The number of hydrogen-bond donors (Lipinski definition) is 3. The smallest absolute Gasteiger partial charge is 0.363 e. The Morgan fingerprint density at radius 1 is 1.11 bits per heavy atom. The van der Waals surface area contributed by atoms with Gasteiger partial charge in [0.1, 0.15) is 24.2 Å². The molecule has 0 aliphatic carbocycles. The monoisotopic (exact) mass is 644 g/mol. The van der Waals surface area contributed by atoms with Crippen LogP contribution in [0.2, 0.25) is 0 Å². The zero-order valence-corrected chi connectivity index (χ0v) is 26.0. The van der Waals surface area contributed by atoms with Crippen LogP contribution >= 0.6 is 18.9 Å². The highest BCUT2D eigenvalue weighted by atomic mass is 32.1. The number of alkyl halides is 1. The van der Waals surface area contributed by atoms with Crippen molar-refractivity contribution in [2.45, 2.75) is 62.1 Å². The van der Waals surface area contributed by atoms with E-state index in [1.165, 1.54) is 30.6 Å². The van der Waals surface area contributed by atoms with Crippen molar-refractivity contribution >= 4 is 52.6 Å². The molecule has 5 heterocycles. The van der Waals surface area contributed by atoms with Gasteiger partial charge in [0.25, 0.3) is 5.91 Å². The summed E-state index contributed by atoms with van der Waals surface area (Å²) < 4.78 is 26.2. The van der Waals surface area contributed by atoms with E-state index < -0.39 is 31.5 Å². The Labute approximate surface area is 257 Å². The number of thiophene rings is 1. The fourth-order valence-corrected chi connectivity index (χ4v) is 7.86. The molecule has 3 saturated heterocycles. The Morgan fingerprint density at radius 2 is 1.89 bits per heavy atom. The maximum atomic E-state index is 14.2. The predicted octanol–water partition coefficient (Wildman–Crippen LogP) is 3.17. The van der Waals surface area contributed by atoms with Gasteiger partial charge in [0, 0.05) is 49.9 Å². The molecule has 0 saturated carbocycles. The van der Waals surface area contributed by atoms with E-state index in [1.54, 1.807) is 9.80 Å². The van der Waals surface area contributed by atoms with Gasteiger partial charge in [-0.05, 0) is 61.3 Å². The molecule has 4 atom stereocenters. The Balaban J connectivity index is 1.12. The van der Waals surface area contributed by atoms with Gasteiger partial charge in [0.2, 0.25) is 17.7 Å². The van der Waals surface area contributed by atoms with Crippen molar-refractivity contribution in [2.75, 3.05) is 32.1 Å². The SMILES string of the molecule is CN(C)c1cc(C2CN(C(=O)[C@@H]3CC[C@@H]4CCC[C@H](NC(=O)c5cc6cc([C@@H](F)P(=O)(O)O)ccc6s5)C(=O)N43)C2)ncn1. The number of anilines is 1. The molecule has 3 aliphatic rings. The van der Waals surface area contributed by atoms with Crippen molar-refractivity contribution in [2.24, 2.45) is 0 Å². The average molecular weight is 645 g/mol. The quantitative estimate of drug-likeness (QED) is 0.329. The van der Waals surface area contributed by atoms with E-state index in [4.69, 9.17) is 0 Å². The fraction of sp³-hybridized carbons (Fsp3) is 0.483. The molecular formula is C29H34FN6O6PS. The second-order valence-electron chi connectivity index (χ2n) is 11.9. The number of fused-ring (bicyclic) bond motifs is 2. The number of amides is 3. The number of carbonyl (C=O) groups excluding carboxylic acids is 3. The number of benzene rings is 1. The minimum atomic E-state index is -4.97. The molecule has 3 amide bonds. The van der Waals surface area contributed by atoms with Gasteiger partial charge >= 0.3 is 7.60 Å². The number of rotatable bonds is 7. The first-order chi connectivity index (χ1) is 20.9. The van der Waals surface area contributed by atoms with Crippen molar-refractivity contribution in [3.8, 4) is 0 Å². The van der Waals surface area contributed by atoms with Crippen molar-refractivity contribution in [3.05, 3.63) is 52.8 Å². The van der Waals surface area contributed by atoms with Crippen LogP contribution in [0.3, 0.4) is 0 Å². The van der Waals surface area contributed by atoms with Crippen molar-refractivity contribution in [3.63, 3.8) is 0 Å². The summed E-state index contributed by atoms with van der Waals surface area (Å²) in [5.41, 5.74) is 0.712. The van der Waals surface area contributed by atoms with Gasteiger partial charge < -0.3 is 29.8 Å². The highest BCUT2D eigenvalue weighted by molar-refractivity contribution is 7.51. The van der Waals surface area contributed by atoms with E-state index in [0.717, 1.165) is 42.1 Å². The van der Waals surface area contributed by atoms with Gasteiger partial charge in [-0.1, -0.05) is 6.07 Å². The second-order valence-corrected chi connectivity index (χ2v) is 14.6. The molecule has 2 aromatic heterocycles. The number of hydrogen-bond acceptors (Lipinski definition) is 8. The molecule has 12 nitrogen and oxygen atoms in total. The minimum Gasteiger partial charge on any atom is -0.363 e. The molecule has 6 rings (SSSR count). The van der Waals surface area contributed by atoms with Gasteiger partial charge in [-0.2, -0.15) is 0 Å². The third kappa shape index (κ3) is 5.83. The number of likely N-dealkylation sites (tertiary alicyclic amines) is 1. The van der Waals surface area contributed by atoms with Crippen LogP contribution in [0.15, 0.2) is 36.7 Å². The van der Waals surface area contributed by atoms with Crippen molar-refractivity contribution in [1.82, 2.24) is 25.1 Å². The first kappa shape index (κ1) is 30.6. The number of aromatic nitrogens is 2. The topological polar surface area (TPSA) is 156 Å². The van der Waals surface area contributed by atoms with E-state index in [-0.39, 0.29) is 29.3 Å². The first-order valence-electron chi connectivity index (χ1n) is 14.5. The molecule has 0 unspecified atom stereocenters. The molecule has 44 heavy (non-hydrogen) atoms. The molecule has 234 valence electrons. The van der Waals surface area contributed by atoms with Crippen LogP contribution in [-0.2, 0) is 14.2 Å². The zero-order valence-electron chi connectivity index (χ0n) is 24.3. The van der Waals surface area contributed by atoms with Gasteiger partial charge in [0.15, 0.2) is 0 Å². The van der Waals surface area contributed by atoms with Crippen LogP contribution in [-0.4, -0.2) is 92.6 Å². The highest BCUT2D eigenvalue weighted by Crippen LogP contribution is 2.53. The van der Waals surface area contributed by atoms with E-state index in [2.05, 4.69) is 15.3 Å². The lowest BCUT2D eigenvalue weighted by Gasteiger charge is -2.42. The molecule has 0 spiro atoms. The summed E-state index contributed by atoms with van der Waals surface area (Å²) in [6.07, 6.45) is 4.78. The normalized spacial score (nSPS) is 23.2. The Hall–Kier alpha value is -3.45. The van der Waals surface area contributed by atoms with E-state index >= 15 is 0 Å². The molecule has 15 heteroatoms. The van der Waals surface area contributed by atoms with Gasteiger partial charge in [-0.3, -0.25) is 18.9 Å². The number of nitrogens with zero attached hydrogens (tertiary/aromatic N) is 5. The van der Waals surface area contributed by atoms with E-state index in [9.17, 15) is 33.1 Å². The Kier molecular flexibility index (Phi) is 8.20. The number of halogens is 1. The average Bonchev–Trinajstić information content (AvgIpc) is 3.55. The maximum Gasteiger partial charge on any atom is 0.363 e. The predicted molar refractivity (Wildman–Crippen MR) is 162 cm³/mol. The molecule has 0 bridgehead atoms. The Morgan fingerprint density at radius 3 is 2.61 bits per heavy atom. The second kappa shape index (κ2) is 11.8. The Bertz CT molecular complexity index is 1660. The third-order valence-electron chi connectivity index (χ3n) is 8.75. The van der Waals surface area contributed by atoms with Gasteiger partial charge in [-0.15, -0.1) is 11.3 Å². The summed E-state index contributed by atoms with van der Waals surface area (Å²) in [4.78, 5) is 73.4. The molecular weight excluding hydrogens is 610 g/mol. The lowest BCUT2D eigenvalue weighted by atomic mass is 9.94. The third-order valence-corrected chi connectivity index (χ3v) is 10.8. The number of carbonyl (C=O) groups is 3. The maximum absolute atomic E-state index is 14.2. The summed E-state index contributed by atoms with van der Waals surface area (Å²) in [5.74, 6) is -2.35. The fourth-order valence-electron chi connectivity index (χ4n) is 6.37. The van der Waals surface area contributed by atoms with Crippen LogP contribution in [0.1, 0.15) is 64.9 Å². The standard InChI is InChI=1S/C29H34FN6O6PS/c1-34(2)25-12-21(31-15-32-25)18-13-35(14-18)29(39)22-8-7-19-4-3-5-20(28(38)36(19)22)33-27(37)24-11-17-10-16(6-9-23(17)44-24)26(30)43(40,41)42/h6,9-12,15,18-20,22,26H,3-5,7-8,13-14H2,1-2H3,(H,33,37)(H2,40,41,42)/t19-,20-,22-,26-/m0/s1. The summed E-state index contributed by atoms with van der Waals surface area (Å²) in [5, 5.41) is 3.33. The summed E-state index contributed by atoms with van der Waals surface area (Å²) in [6.45, 7) is 1.05. The summed E-state index contributed by atoms with van der Waals surface area (Å²) in [7, 11) is -1.16. The first-order valence-corrected chi connectivity index (χ1v) is 17.0. The van der Waals surface area contributed by atoms with Gasteiger partial charge in [0.05, 0.1) is 10.6 Å². The van der Waals surface area contributed by atoms with Crippen LogP contribution < -0.4 is 10.2 Å².